The number of carboxylic acids is 1. The van der Waals surface area contributed by atoms with Crippen molar-refractivity contribution in [2.75, 3.05) is 370 Å². The Morgan fingerprint density at radius 2 is 0.452 bits per heavy atom. The zero-order valence-electron chi connectivity index (χ0n) is 76.6. The van der Waals surface area contributed by atoms with Crippen LogP contribution < -0.4 is 48.4 Å². The number of hydrogen-bond acceptors (Lipinski definition) is 39. The molecule has 0 fully saturated rings. The largest absolute Gasteiger partial charge is 1.00 e. The zero-order valence-corrected chi connectivity index (χ0v) is 77.6. The number of alkyl halides is 1. The molecule has 45 nitrogen and oxygen atoms in total. The van der Waals surface area contributed by atoms with Crippen molar-refractivity contribution < 1.29 is 241 Å². The fourth-order valence-corrected chi connectivity index (χ4v) is 6.47. The van der Waals surface area contributed by atoms with E-state index in [0.29, 0.717) is 290 Å². The summed E-state index contributed by atoms with van der Waals surface area (Å²) in [5.74, 6) is -2.53. The number of aliphatic hydroxyl groups is 3. The van der Waals surface area contributed by atoms with E-state index >= 15 is 0 Å². The van der Waals surface area contributed by atoms with Crippen LogP contribution in [0.2, 0.25) is 0 Å². The van der Waals surface area contributed by atoms with Crippen LogP contribution in [0.25, 0.3) is 26.4 Å². The second-order valence-electron chi connectivity index (χ2n) is 21.3. The maximum absolute atomic E-state index is 10.9. The van der Waals surface area contributed by atoms with Crippen LogP contribution >= 0.6 is 0 Å². The van der Waals surface area contributed by atoms with Gasteiger partial charge in [-0.05, 0) is 59.4 Å². The van der Waals surface area contributed by atoms with Gasteiger partial charge in [0.05, 0.1) is 312 Å². The van der Waals surface area contributed by atoms with Gasteiger partial charge in [0.25, 0.3) is 0 Å². The Morgan fingerprint density at radius 1 is 0.298 bits per heavy atom. The Bertz CT molecular complexity index is 1980. The van der Waals surface area contributed by atoms with Crippen molar-refractivity contribution >= 4 is 35.8 Å². The van der Waals surface area contributed by atoms with E-state index in [1.807, 2.05) is 0 Å². The summed E-state index contributed by atoms with van der Waals surface area (Å²) in [7, 11) is -1.00. The SMILES string of the molecule is C.CCCOCCOCCOCCOCC(=O)O.CCCOCCOCCOCCOCC(=O)OCC.CCCOCCOCCOCCOCC(=O)OCC.CCOC(=O)CC.CCOC(=O)COCCOCCOCCOCCN=[N+]=[N-].CCOC(=O)COCCOCCOCCOCCO.OCCOCCOCCOCCO.[2H]CF.[Li+].[N-]=[N+]=[N-].[Na+].[OH-]. The molecular formula is C76H157FLiN6NaO39. The Balaban J connectivity index is -0.000000106. The number of carbonyl (C=O) groups is 6. The molecule has 0 rings (SSSR count). The van der Waals surface area contributed by atoms with Crippen LogP contribution in [-0.2, 0) is 161 Å². The van der Waals surface area contributed by atoms with E-state index < -0.39 is 13.1 Å². The number of aliphatic hydroxyl groups excluding tert-OH is 3. The van der Waals surface area contributed by atoms with Gasteiger partial charge in [-0.1, -0.05) is 40.2 Å². The molecule has 0 saturated heterocycles. The van der Waals surface area contributed by atoms with Crippen LogP contribution in [0.3, 0.4) is 0 Å². The van der Waals surface area contributed by atoms with Crippen molar-refractivity contribution in [3.63, 3.8) is 0 Å². The van der Waals surface area contributed by atoms with Crippen molar-refractivity contribution in [1.82, 2.24) is 0 Å². The number of halogens is 1. The summed E-state index contributed by atoms with van der Waals surface area (Å²) in [6.45, 7) is 38.5. The Hall–Kier alpha value is -4.11. The van der Waals surface area contributed by atoms with Gasteiger partial charge in [-0.15, -0.1) is 0 Å². The molecule has 0 heterocycles. The molecule has 0 amide bonds. The number of rotatable bonds is 82. The van der Waals surface area contributed by atoms with E-state index in [4.69, 9.17) is 162 Å². The molecule has 0 aliphatic rings. The van der Waals surface area contributed by atoms with Crippen LogP contribution in [0, 0.1) is 0 Å². The summed E-state index contributed by atoms with van der Waals surface area (Å²) in [6.07, 6.45) is 3.54. The minimum absolute atomic E-state index is 0. The Kier molecular flexibility index (Phi) is 180. The molecule has 0 aromatic rings. The van der Waals surface area contributed by atoms with Gasteiger partial charge in [-0.25, -0.2) is 24.0 Å². The number of carboxylic acid groups (broad SMARTS) is 1. The van der Waals surface area contributed by atoms with E-state index in [1.54, 1.807) is 41.5 Å². The molecule has 0 atom stereocenters. The second-order valence-corrected chi connectivity index (χ2v) is 21.3. The number of esters is 5. The molecule has 0 unspecified atom stereocenters. The van der Waals surface area contributed by atoms with Gasteiger partial charge in [-0.2, -0.15) is 0 Å². The molecule has 0 aliphatic carbocycles. The smallest absolute Gasteiger partial charge is 0.870 e. The fourth-order valence-electron chi connectivity index (χ4n) is 6.47. The van der Waals surface area contributed by atoms with Crippen molar-refractivity contribution in [2.45, 2.75) is 95.4 Å². The molecule has 0 aliphatic heterocycles. The molecule has 0 spiro atoms. The van der Waals surface area contributed by atoms with Crippen LogP contribution in [0.15, 0.2) is 5.11 Å². The fraction of sp³-hybridized carbons (Fsp3) is 0.921. The van der Waals surface area contributed by atoms with Crippen molar-refractivity contribution in [3.8, 4) is 0 Å². The predicted octanol–water partition coefficient (Wildman–Crippen LogP) is -0.967. The van der Waals surface area contributed by atoms with E-state index in [9.17, 15) is 33.2 Å². The minimum atomic E-state index is -1.00. The van der Waals surface area contributed by atoms with Crippen LogP contribution in [-0.4, -0.2) is 432 Å². The third kappa shape index (κ3) is 179. The summed E-state index contributed by atoms with van der Waals surface area (Å²) in [6, 6.07) is 0. The third-order valence-corrected chi connectivity index (χ3v) is 11.4. The molecule has 5 N–H and O–H groups in total. The molecule has 48 heteroatoms. The first-order chi connectivity index (χ1) is 59.1. The van der Waals surface area contributed by atoms with Crippen molar-refractivity contribution in [2.24, 2.45) is 5.11 Å². The number of nitrogens with zero attached hydrogens (tertiary/aromatic N) is 6. The number of hydrogen-bond donors (Lipinski definition) is 4. The number of azide groups is 1. The van der Waals surface area contributed by atoms with Gasteiger partial charge in [-0.3, -0.25) is 14.1 Å². The quantitative estimate of drug-likeness (QED) is 0.0108. The summed E-state index contributed by atoms with van der Waals surface area (Å²) in [4.78, 5) is 68.0. The van der Waals surface area contributed by atoms with Gasteiger partial charge < -0.3 is 170 Å². The Morgan fingerprint density at radius 3 is 0.597 bits per heavy atom. The second kappa shape index (κ2) is 153. The van der Waals surface area contributed by atoms with Gasteiger partial charge in [0.1, 0.15) is 33.0 Å². The van der Waals surface area contributed by atoms with Gasteiger partial charge in [0.2, 0.25) is 0 Å². The summed E-state index contributed by atoms with van der Waals surface area (Å²) in [5.41, 5.74) is 21.5. The maximum atomic E-state index is 10.9. The summed E-state index contributed by atoms with van der Waals surface area (Å²) < 4.78 is 157. The number of aliphatic carboxylic acids is 1. The van der Waals surface area contributed by atoms with Crippen LogP contribution in [0.4, 0.5) is 4.39 Å². The topological polar surface area (TPSA) is 579 Å². The van der Waals surface area contributed by atoms with E-state index in [1.165, 1.54) is 4.91 Å². The van der Waals surface area contributed by atoms with E-state index in [2.05, 4.69) is 40.3 Å². The van der Waals surface area contributed by atoms with Gasteiger partial charge in [0, 0.05) is 37.7 Å². The van der Waals surface area contributed by atoms with E-state index in [-0.39, 0.29) is 151 Å². The maximum Gasteiger partial charge on any atom is 1.00 e. The first kappa shape index (κ1) is 146. The molecule has 0 radical (unpaired) electrons. The summed E-state index contributed by atoms with van der Waals surface area (Å²) in [5, 5.41) is 36.8. The van der Waals surface area contributed by atoms with Crippen LogP contribution in [0.5, 0.6) is 0 Å². The first-order valence-electron chi connectivity index (χ1n) is 40.7. The molecular weight excluding hydrogens is 1670 g/mol. The average Bonchev–Trinajstić information content (AvgIpc) is 1.07. The van der Waals surface area contributed by atoms with E-state index in [0.717, 1.165) is 39.1 Å². The van der Waals surface area contributed by atoms with Crippen molar-refractivity contribution in [1.29, 1.82) is 0 Å². The molecule has 124 heavy (non-hydrogen) atoms. The normalized spacial score (nSPS) is 9.86. The number of ether oxygens (including phenoxy) is 28. The van der Waals surface area contributed by atoms with Crippen molar-refractivity contribution in [3.05, 3.63) is 26.4 Å². The monoisotopic (exact) mass is 1830 g/mol. The minimum Gasteiger partial charge on any atom is -0.870 e. The molecule has 0 aromatic heterocycles. The van der Waals surface area contributed by atoms with Gasteiger partial charge >= 0.3 is 84.2 Å². The number of carbonyl (C=O) groups excluding carboxylic acids is 5. The molecule has 0 saturated carbocycles. The molecule has 0 aromatic carbocycles. The summed E-state index contributed by atoms with van der Waals surface area (Å²) >= 11 is 0. The molecule has 734 valence electrons. The predicted molar refractivity (Wildman–Crippen MR) is 442 cm³/mol. The Labute approximate surface area is 770 Å². The standard InChI is InChI=1S/2C13H26O6.C12H23N3O6.C12H24O7.C11H22O6.C8H18O5.C5H10O2.CH3F.CH4.Li.N3.Na.H2O/c2*1-3-5-15-6-7-16-8-9-17-10-11-18-12-13(14)19-4-2;1-2-21-12(16)11-20-10-9-19-8-7-18-6-5-17-4-3-14-15-13;1-2-19-12(14)11-18-10-9-17-8-7-16-6-5-15-4-3-13;1-2-3-14-4-5-15-6-7-16-8-9-17-10-11(12)13;9-1-3-11-5-7-13-8-6-12-4-2-10;1-3-5(6)7-4-2;1-2;;;1-3-2;;/h2*3-12H2,1-2H3;2-11H2,1H3;13H,2-11H2,1H3;2-10H2,1H3,(H,12,13);9-10H,1-8H2;3-4H2,1-2H3;1H3;1H4;;;;1H2/q;;;;;;;;;+1;-1;+1;/p-1/i;;;;;;;1D;;;;;. The zero-order chi connectivity index (χ0) is 91.8. The third-order valence-electron chi connectivity index (χ3n) is 11.4. The average molecular weight is 1830 g/mol. The van der Waals surface area contributed by atoms with Crippen LogP contribution in [0.1, 0.15) is 96.8 Å². The first-order valence-corrected chi connectivity index (χ1v) is 40.0. The van der Waals surface area contributed by atoms with Gasteiger partial charge in [0.15, 0.2) is 0 Å². The molecule has 0 bridgehead atoms.